The summed E-state index contributed by atoms with van der Waals surface area (Å²) in [6, 6.07) is 0. The summed E-state index contributed by atoms with van der Waals surface area (Å²) in [6.45, 7) is 1.87. The van der Waals surface area contributed by atoms with Gasteiger partial charge < -0.3 is 5.11 Å². The van der Waals surface area contributed by atoms with Crippen molar-refractivity contribution >= 4 is 33.9 Å². The van der Waals surface area contributed by atoms with Crippen molar-refractivity contribution in [3.8, 4) is 5.88 Å². The van der Waals surface area contributed by atoms with E-state index in [9.17, 15) is 0 Å². The number of aryl methyl sites for hydroxylation is 1. The van der Waals surface area contributed by atoms with Gasteiger partial charge in [-0.15, -0.1) is 11.3 Å². The van der Waals surface area contributed by atoms with Crippen LogP contribution in [0.3, 0.4) is 0 Å². The number of aromatic hydroxyl groups is 1. The molecule has 0 radical (unpaired) electrons. The van der Waals surface area contributed by atoms with Crippen LogP contribution >= 0.6 is 33.9 Å². The van der Waals surface area contributed by atoms with Crippen molar-refractivity contribution in [3.63, 3.8) is 0 Å². The highest BCUT2D eigenvalue weighted by atomic mass is 127. The van der Waals surface area contributed by atoms with E-state index in [0.717, 1.165) is 7.89 Å². The second-order valence-electron chi connectivity index (χ2n) is 1.33. The molecule has 0 fully saturated rings. The third kappa shape index (κ3) is 1.11. The van der Waals surface area contributed by atoms with Gasteiger partial charge in [-0.2, -0.15) is 0 Å². The average Bonchev–Trinajstić information content (AvgIpc) is 1.85. The van der Waals surface area contributed by atoms with Crippen LogP contribution < -0.4 is 0 Å². The van der Waals surface area contributed by atoms with E-state index in [4.69, 9.17) is 5.11 Å². The van der Waals surface area contributed by atoms with E-state index in [0.29, 0.717) is 0 Å². The Balaban J connectivity index is 3.14. The Bertz CT molecular complexity index is 178. The van der Waals surface area contributed by atoms with Gasteiger partial charge in [0.2, 0.25) is 5.88 Å². The molecule has 1 aromatic rings. The van der Waals surface area contributed by atoms with Gasteiger partial charge in [0, 0.05) is 0 Å². The summed E-state index contributed by atoms with van der Waals surface area (Å²) < 4.78 is 0.861. The first-order valence-electron chi connectivity index (χ1n) is 2.02. The number of hydrogen-bond acceptors (Lipinski definition) is 3. The van der Waals surface area contributed by atoms with Gasteiger partial charge in [-0.05, 0) is 29.5 Å². The summed E-state index contributed by atoms with van der Waals surface area (Å²) in [5, 5.41) is 9.74. The summed E-state index contributed by atoms with van der Waals surface area (Å²) in [5.41, 5.74) is 0. The number of halogens is 1. The molecule has 8 heavy (non-hydrogen) atoms. The van der Waals surface area contributed by atoms with Gasteiger partial charge in [-0.1, -0.05) is 0 Å². The molecule has 0 aliphatic carbocycles. The normalized spacial score (nSPS) is 9.75. The highest BCUT2D eigenvalue weighted by Gasteiger charge is 2.00. The summed E-state index contributed by atoms with van der Waals surface area (Å²) >= 11 is 3.55. The van der Waals surface area contributed by atoms with E-state index < -0.39 is 0 Å². The third-order valence-electron chi connectivity index (χ3n) is 0.676. The second-order valence-corrected chi connectivity index (χ2v) is 4.34. The maximum Gasteiger partial charge on any atom is 0.236 e. The average molecular weight is 241 g/mol. The highest BCUT2D eigenvalue weighted by molar-refractivity contribution is 14.1. The summed E-state index contributed by atoms with van der Waals surface area (Å²) in [5.74, 6) is 0.160. The minimum absolute atomic E-state index is 0.160. The molecule has 0 spiro atoms. The Kier molecular flexibility index (Phi) is 1.71. The molecule has 4 heteroatoms. The molecule has 0 aliphatic rings. The van der Waals surface area contributed by atoms with Crippen molar-refractivity contribution in [2.24, 2.45) is 0 Å². The zero-order valence-corrected chi connectivity index (χ0v) is 7.15. The fraction of sp³-hybridized carbons (Fsp3) is 0.250. The second kappa shape index (κ2) is 2.18. The van der Waals surface area contributed by atoms with Crippen molar-refractivity contribution in [1.82, 2.24) is 4.98 Å². The molecule has 0 amide bonds. The lowest BCUT2D eigenvalue weighted by molar-refractivity contribution is 0.453. The highest BCUT2D eigenvalue weighted by Crippen LogP contribution is 2.24. The first-order chi connectivity index (χ1) is 3.70. The number of rotatable bonds is 0. The van der Waals surface area contributed by atoms with Crippen molar-refractivity contribution in [3.05, 3.63) is 7.89 Å². The van der Waals surface area contributed by atoms with E-state index in [2.05, 4.69) is 27.6 Å². The van der Waals surface area contributed by atoms with Gasteiger partial charge in [0.15, 0.2) is 0 Å². The van der Waals surface area contributed by atoms with Crippen molar-refractivity contribution in [2.75, 3.05) is 0 Å². The molecule has 2 nitrogen and oxygen atoms in total. The lowest BCUT2D eigenvalue weighted by Gasteiger charge is -1.75. The van der Waals surface area contributed by atoms with Gasteiger partial charge in [0.25, 0.3) is 0 Å². The van der Waals surface area contributed by atoms with Crippen LogP contribution in [0.25, 0.3) is 0 Å². The molecule has 0 aliphatic heterocycles. The van der Waals surface area contributed by atoms with E-state index in [1.165, 1.54) is 11.3 Å². The fourth-order valence-electron chi connectivity index (χ4n) is 0.391. The molecule has 1 rings (SSSR count). The quantitative estimate of drug-likeness (QED) is 0.702. The molecule has 0 bridgehead atoms. The standard InChI is InChI=1S/C4H4INOS/c1-2-6-4(7)3(5)8-2/h7H,1H3. The van der Waals surface area contributed by atoms with E-state index in [1.54, 1.807) is 0 Å². The first kappa shape index (κ1) is 6.28. The van der Waals surface area contributed by atoms with Crippen molar-refractivity contribution in [2.45, 2.75) is 6.92 Å². The predicted molar refractivity (Wildman–Crippen MR) is 41.2 cm³/mol. The van der Waals surface area contributed by atoms with E-state index in [1.807, 2.05) is 6.92 Å². The molecular weight excluding hydrogens is 237 g/mol. The lowest BCUT2D eigenvalue weighted by Crippen LogP contribution is -1.63. The van der Waals surface area contributed by atoms with Crippen molar-refractivity contribution < 1.29 is 5.11 Å². The molecule has 1 heterocycles. The van der Waals surface area contributed by atoms with Gasteiger partial charge in [0.05, 0.1) is 5.01 Å². The SMILES string of the molecule is Cc1nc(O)c(I)s1. The fourth-order valence-corrected chi connectivity index (χ4v) is 2.00. The maximum absolute atomic E-state index is 8.83. The summed E-state index contributed by atoms with van der Waals surface area (Å²) in [4.78, 5) is 3.78. The molecule has 0 atom stereocenters. The lowest BCUT2D eigenvalue weighted by atomic mass is 10.8. The van der Waals surface area contributed by atoms with Crippen LogP contribution in [-0.4, -0.2) is 10.1 Å². The Morgan fingerprint density at radius 3 is 2.50 bits per heavy atom. The molecule has 1 aromatic heterocycles. The maximum atomic E-state index is 8.83. The monoisotopic (exact) mass is 241 g/mol. The van der Waals surface area contributed by atoms with E-state index >= 15 is 0 Å². The van der Waals surface area contributed by atoms with Gasteiger partial charge in [-0.25, -0.2) is 4.98 Å². The molecule has 0 unspecified atom stereocenters. The number of nitrogens with zero attached hydrogens (tertiary/aromatic N) is 1. The third-order valence-corrected chi connectivity index (χ3v) is 2.57. The van der Waals surface area contributed by atoms with Crippen LogP contribution in [0, 0.1) is 9.81 Å². The van der Waals surface area contributed by atoms with Crippen LogP contribution in [-0.2, 0) is 0 Å². The Labute approximate surface area is 64.7 Å². The topological polar surface area (TPSA) is 33.1 Å². The number of aromatic nitrogens is 1. The van der Waals surface area contributed by atoms with Crippen LogP contribution in [0.4, 0.5) is 0 Å². The zero-order chi connectivity index (χ0) is 6.15. The molecule has 44 valence electrons. The van der Waals surface area contributed by atoms with Gasteiger partial charge >= 0.3 is 0 Å². The van der Waals surface area contributed by atoms with Crippen LogP contribution in [0.15, 0.2) is 0 Å². The minimum Gasteiger partial charge on any atom is -0.492 e. The number of thiazole rings is 1. The van der Waals surface area contributed by atoms with Gasteiger partial charge in [0.1, 0.15) is 2.88 Å². The molecule has 0 aromatic carbocycles. The number of hydrogen-bond donors (Lipinski definition) is 1. The molecule has 0 saturated carbocycles. The molecule has 0 saturated heterocycles. The Morgan fingerprint density at radius 2 is 2.38 bits per heavy atom. The van der Waals surface area contributed by atoms with Crippen LogP contribution in [0.1, 0.15) is 5.01 Å². The van der Waals surface area contributed by atoms with Crippen molar-refractivity contribution in [1.29, 1.82) is 0 Å². The zero-order valence-electron chi connectivity index (χ0n) is 4.18. The largest absolute Gasteiger partial charge is 0.492 e. The summed E-state index contributed by atoms with van der Waals surface area (Å²) in [6.07, 6.45) is 0. The minimum atomic E-state index is 0.160. The molecular formula is C4H4INOS. The Morgan fingerprint density at radius 1 is 1.75 bits per heavy atom. The Hall–Kier alpha value is 0.160. The summed E-state index contributed by atoms with van der Waals surface area (Å²) in [7, 11) is 0. The smallest absolute Gasteiger partial charge is 0.236 e. The predicted octanol–water partition coefficient (Wildman–Crippen LogP) is 1.76. The first-order valence-corrected chi connectivity index (χ1v) is 3.91. The van der Waals surface area contributed by atoms with E-state index in [-0.39, 0.29) is 5.88 Å². The molecule has 1 N–H and O–H groups in total. The van der Waals surface area contributed by atoms with Crippen LogP contribution in [0.5, 0.6) is 5.88 Å². The van der Waals surface area contributed by atoms with Gasteiger partial charge in [-0.3, -0.25) is 0 Å². The van der Waals surface area contributed by atoms with Crippen LogP contribution in [0.2, 0.25) is 0 Å².